The van der Waals surface area contributed by atoms with Gasteiger partial charge >= 0.3 is 5.97 Å². The molecule has 0 aromatic carbocycles. The molecule has 98 valence electrons. The van der Waals surface area contributed by atoms with E-state index < -0.39 is 21.9 Å². The predicted molar refractivity (Wildman–Crippen MR) is 63.3 cm³/mol. The molecule has 18 heavy (non-hydrogen) atoms. The summed E-state index contributed by atoms with van der Waals surface area (Å²) in [5, 5.41) is 9.00. The zero-order valence-corrected chi connectivity index (χ0v) is 10.7. The van der Waals surface area contributed by atoms with E-state index >= 15 is 0 Å². The lowest BCUT2D eigenvalue weighted by molar-refractivity contribution is -0.142. The highest BCUT2D eigenvalue weighted by molar-refractivity contribution is 7.89. The minimum atomic E-state index is -3.63. The molecular weight excluding hydrogens is 256 g/mol. The number of aromatic nitrogens is 1. The Morgan fingerprint density at radius 2 is 2.22 bits per heavy atom. The molecule has 1 aliphatic heterocycles. The fraction of sp³-hybridized carbons (Fsp3) is 0.455. The number of hydrogen-bond acceptors (Lipinski definition) is 4. The molecule has 1 saturated heterocycles. The minimum absolute atomic E-state index is 0.0216. The Morgan fingerprint density at radius 1 is 1.50 bits per heavy atom. The van der Waals surface area contributed by atoms with E-state index in [0.29, 0.717) is 0 Å². The fourth-order valence-corrected chi connectivity index (χ4v) is 3.62. The van der Waals surface area contributed by atoms with Crippen LogP contribution in [0.15, 0.2) is 29.4 Å². The lowest BCUT2D eigenvalue weighted by Crippen LogP contribution is -2.30. The van der Waals surface area contributed by atoms with Gasteiger partial charge in [-0.25, -0.2) is 8.42 Å². The van der Waals surface area contributed by atoms with Gasteiger partial charge in [-0.2, -0.15) is 4.31 Å². The molecule has 0 aliphatic carbocycles. The van der Waals surface area contributed by atoms with Gasteiger partial charge in [0.15, 0.2) is 0 Å². The molecule has 1 aliphatic rings. The van der Waals surface area contributed by atoms with E-state index in [1.807, 2.05) is 0 Å². The smallest absolute Gasteiger partial charge is 0.308 e. The summed E-state index contributed by atoms with van der Waals surface area (Å²) in [7, 11) is -3.63. The summed E-state index contributed by atoms with van der Waals surface area (Å²) in [5.41, 5.74) is 0. The molecule has 0 bridgehead atoms. The van der Waals surface area contributed by atoms with E-state index in [4.69, 9.17) is 5.11 Å². The van der Waals surface area contributed by atoms with Gasteiger partial charge in [0.25, 0.3) is 0 Å². The van der Waals surface area contributed by atoms with Crippen molar-refractivity contribution in [2.45, 2.75) is 11.8 Å². The Kier molecular flexibility index (Phi) is 3.36. The maximum absolute atomic E-state index is 12.2. The van der Waals surface area contributed by atoms with Gasteiger partial charge in [-0.05, 0) is 18.1 Å². The summed E-state index contributed by atoms with van der Waals surface area (Å²) >= 11 is 0. The molecule has 2 atom stereocenters. The summed E-state index contributed by atoms with van der Waals surface area (Å²) in [5.74, 6) is -1.78. The highest BCUT2D eigenvalue weighted by atomic mass is 32.2. The van der Waals surface area contributed by atoms with E-state index in [1.165, 1.54) is 22.8 Å². The van der Waals surface area contributed by atoms with Crippen molar-refractivity contribution in [1.29, 1.82) is 0 Å². The lowest BCUT2D eigenvalue weighted by Gasteiger charge is -2.15. The molecule has 1 aromatic heterocycles. The highest BCUT2D eigenvalue weighted by Gasteiger charge is 2.40. The fourth-order valence-electron chi connectivity index (χ4n) is 2.09. The molecule has 7 heteroatoms. The number of carboxylic acids is 1. The van der Waals surface area contributed by atoms with Crippen molar-refractivity contribution in [3.8, 4) is 0 Å². The predicted octanol–water partition coefficient (Wildman–Crippen LogP) is 0.423. The molecule has 1 aromatic rings. The Labute approximate surface area is 105 Å². The number of nitrogens with zero attached hydrogens (tertiary/aromatic N) is 2. The molecule has 0 radical (unpaired) electrons. The number of pyridine rings is 1. The van der Waals surface area contributed by atoms with Gasteiger partial charge < -0.3 is 5.11 Å². The zero-order valence-electron chi connectivity index (χ0n) is 9.85. The average molecular weight is 270 g/mol. The first kappa shape index (κ1) is 13.0. The van der Waals surface area contributed by atoms with Gasteiger partial charge in [0.05, 0.1) is 5.92 Å². The monoisotopic (exact) mass is 270 g/mol. The van der Waals surface area contributed by atoms with Crippen LogP contribution in [0.5, 0.6) is 0 Å². The van der Waals surface area contributed by atoms with Gasteiger partial charge in [0.2, 0.25) is 10.0 Å². The van der Waals surface area contributed by atoms with E-state index in [2.05, 4.69) is 4.98 Å². The second-order valence-corrected chi connectivity index (χ2v) is 6.37. The number of carboxylic acid groups (broad SMARTS) is 1. The van der Waals surface area contributed by atoms with Crippen LogP contribution in [-0.2, 0) is 14.8 Å². The van der Waals surface area contributed by atoms with Crippen molar-refractivity contribution in [3.63, 3.8) is 0 Å². The number of hydrogen-bond donors (Lipinski definition) is 1. The summed E-state index contributed by atoms with van der Waals surface area (Å²) in [4.78, 5) is 14.9. The van der Waals surface area contributed by atoms with Crippen LogP contribution in [0.1, 0.15) is 6.92 Å². The normalized spacial score (nSPS) is 25.2. The van der Waals surface area contributed by atoms with Crippen LogP contribution in [0.3, 0.4) is 0 Å². The van der Waals surface area contributed by atoms with E-state index in [1.54, 1.807) is 13.0 Å². The second kappa shape index (κ2) is 4.66. The first-order valence-corrected chi connectivity index (χ1v) is 7.00. The van der Waals surface area contributed by atoms with Crippen molar-refractivity contribution in [2.75, 3.05) is 13.1 Å². The number of sulfonamides is 1. The molecule has 1 N–H and O–H groups in total. The quantitative estimate of drug-likeness (QED) is 0.860. The second-order valence-electron chi connectivity index (χ2n) is 4.43. The third kappa shape index (κ3) is 2.23. The number of rotatable bonds is 3. The molecule has 1 fully saturated rings. The largest absolute Gasteiger partial charge is 0.481 e. The molecular formula is C11H14N2O4S. The van der Waals surface area contributed by atoms with Crippen molar-refractivity contribution in [1.82, 2.24) is 9.29 Å². The van der Waals surface area contributed by atoms with Crippen molar-refractivity contribution < 1.29 is 18.3 Å². The number of carbonyl (C=O) groups is 1. The molecule has 0 spiro atoms. The maximum atomic E-state index is 12.2. The first-order chi connectivity index (χ1) is 8.43. The molecule has 2 rings (SSSR count). The topological polar surface area (TPSA) is 87.6 Å². The first-order valence-electron chi connectivity index (χ1n) is 5.56. The van der Waals surface area contributed by atoms with Gasteiger partial charge in [-0.3, -0.25) is 9.78 Å². The van der Waals surface area contributed by atoms with Crippen molar-refractivity contribution in [2.24, 2.45) is 11.8 Å². The van der Waals surface area contributed by atoms with E-state index in [-0.39, 0.29) is 23.9 Å². The summed E-state index contributed by atoms with van der Waals surface area (Å²) in [6.45, 7) is 2.00. The standard InChI is InChI=1S/C11H14N2O4S/c1-8-6-13(7-10(8)11(14)15)18(16,17)9-3-2-4-12-5-9/h2-5,8,10H,6-7H2,1H3,(H,14,15). The lowest BCUT2D eigenvalue weighted by atomic mass is 9.99. The highest BCUT2D eigenvalue weighted by Crippen LogP contribution is 2.28. The van der Waals surface area contributed by atoms with Crippen LogP contribution >= 0.6 is 0 Å². The molecule has 2 unspecified atom stereocenters. The van der Waals surface area contributed by atoms with Gasteiger partial charge in [-0.15, -0.1) is 0 Å². The van der Waals surface area contributed by atoms with Gasteiger partial charge in [-0.1, -0.05) is 6.92 Å². The van der Waals surface area contributed by atoms with Gasteiger partial charge in [0, 0.05) is 25.5 Å². The SMILES string of the molecule is CC1CN(S(=O)(=O)c2cccnc2)CC1C(=O)O. The van der Waals surface area contributed by atoms with E-state index in [9.17, 15) is 13.2 Å². The van der Waals surface area contributed by atoms with Crippen LogP contribution in [0.2, 0.25) is 0 Å². The Hall–Kier alpha value is -1.47. The summed E-state index contributed by atoms with van der Waals surface area (Å²) < 4.78 is 25.7. The average Bonchev–Trinajstić information content (AvgIpc) is 2.73. The minimum Gasteiger partial charge on any atom is -0.481 e. The zero-order chi connectivity index (χ0) is 13.3. The Balaban J connectivity index is 2.26. The maximum Gasteiger partial charge on any atom is 0.308 e. The Morgan fingerprint density at radius 3 is 2.72 bits per heavy atom. The van der Waals surface area contributed by atoms with Crippen molar-refractivity contribution in [3.05, 3.63) is 24.5 Å². The van der Waals surface area contributed by atoms with E-state index in [0.717, 1.165) is 0 Å². The third-order valence-electron chi connectivity index (χ3n) is 3.17. The molecule has 2 heterocycles. The van der Waals surface area contributed by atoms with Crippen LogP contribution in [0, 0.1) is 11.8 Å². The van der Waals surface area contributed by atoms with Crippen molar-refractivity contribution >= 4 is 16.0 Å². The molecule has 0 saturated carbocycles. The van der Waals surface area contributed by atoms with Crippen LogP contribution in [0.25, 0.3) is 0 Å². The third-order valence-corrected chi connectivity index (χ3v) is 4.98. The molecule has 0 amide bonds. The summed E-state index contributed by atoms with van der Waals surface area (Å²) in [6, 6.07) is 3.00. The Bertz CT molecular complexity index is 543. The van der Waals surface area contributed by atoms with Crippen LogP contribution in [-0.4, -0.2) is 41.9 Å². The van der Waals surface area contributed by atoms with Gasteiger partial charge in [0.1, 0.15) is 4.90 Å². The summed E-state index contributed by atoms with van der Waals surface area (Å²) in [6.07, 6.45) is 2.76. The number of aliphatic carboxylic acids is 1. The van der Waals surface area contributed by atoms with Crippen LogP contribution in [0.4, 0.5) is 0 Å². The molecule has 6 nitrogen and oxygen atoms in total. The van der Waals surface area contributed by atoms with Crippen LogP contribution < -0.4 is 0 Å².